The molecule has 1 heterocycles. The van der Waals surface area contributed by atoms with Crippen LogP contribution in [0.25, 0.3) is 0 Å². The second-order valence-corrected chi connectivity index (χ2v) is 6.01. The molecule has 0 aromatic heterocycles. The standard InChI is InChI=1S/C16H21NO2/c1-11(16(18)19)14-9-17(10-14)15-7-6-12-4-2-3-5-13(12)8-15/h2-5,11,14-15H,6-10H2,1H3,(H,18,19). The molecule has 2 unspecified atom stereocenters. The number of rotatable bonds is 3. The molecule has 1 aromatic rings. The van der Waals surface area contributed by atoms with Gasteiger partial charge in [0.25, 0.3) is 0 Å². The van der Waals surface area contributed by atoms with Gasteiger partial charge >= 0.3 is 5.97 Å². The number of fused-ring (bicyclic) bond motifs is 1. The first-order valence-electron chi connectivity index (χ1n) is 7.19. The molecule has 0 saturated carbocycles. The number of nitrogens with zero attached hydrogens (tertiary/aromatic N) is 1. The van der Waals surface area contributed by atoms with Crippen molar-refractivity contribution >= 4 is 5.97 Å². The number of carboxylic acids is 1. The quantitative estimate of drug-likeness (QED) is 0.904. The van der Waals surface area contributed by atoms with E-state index < -0.39 is 5.97 Å². The lowest BCUT2D eigenvalue weighted by Crippen LogP contribution is -2.56. The van der Waals surface area contributed by atoms with E-state index in [1.54, 1.807) is 0 Å². The molecule has 2 atom stereocenters. The fourth-order valence-electron chi connectivity index (χ4n) is 3.36. The average molecular weight is 259 g/mol. The van der Waals surface area contributed by atoms with E-state index in [4.69, 9.17) is 5.11 Å². The van der Waals surface area contributed by atoms with Gasteiger partial charge in [-0.25, -0.2) is 0 Å². The molecule has 102 valence electrons. The molecule has 0 spiro atoms. The van der Waals surface area contributed by atoms with Crippen molar-refractivity contribution in [1.82, 2.24) is 4.90 Å². The molecule has 2 aliphatic rings. The number of likely N-dealkylation sites (tertiary alicyclic amines) is 1. The van der Waals surface area contributed by atoms with Crippen LogP contribution < -0.4 is 0 Å². The molecule has 1 saturated heterocycles. The Morgan fingerprint density at radius 1 is 1.32 bits per heavy atom. The second kappa shape index (κ2) is 4.97. The summed E-state index contributed by atoms with van der Waals surface area (Å²) < 4.78 is 0. The molecule has 1 aliphatic heterocycles. The maximum absolute atomic E-state index is 11.0. The molecule has 3 rings (SSSR count). The minimum atomic E-state index is -0.654. The zero-order chi connectivity index (χ0) is 13.4. The van der Waals surface area contributed by atoms with Crippen LogP contribution in [0.4, 0.5) is 0 Å². The smallest absolute Gasteiger partial charge is 0.306 e. The van der Waals surface area contributed by atoms with Gasteiger partial charge in [-0.1, -0.05) is 31.2 Å². The number of aryl methyl sites for hydroxylation is 1. The predicted octanol–water partition coefficient (Wildman–Crippen LogP) is 2.20. The first-order chi connectivity index (χ1) is 9.15. The molecule has 1 N–H and O–H groups in total. The Labute approximate surface area is 114 Å². The topological polar surface area (TPSA) is 40.5 Å². The molecule has 19 heavy (non-hydrogen) atoms. The molecule has 1 aliphatic carbocycles. The Morgan fingerprint density at radius 3 is 2.68 bits per heavy atom. The predicted molar refractivity (Wildman–Crippen MR) is 74.1 cm³/mol. The van der Waals surface area contributed by atoms with Crippen molar-refractivity contribution in [2.24, 2.45) is 11.8 Å². The van der Waals surface area contributed by atoms with Gasteiger partial charge in [0.05, 0.1) is 5.92 Å². The van der Waals surface area contributed by atoms with Crippen LogP contribution in [0.2, 0.25) is 0 Å². The van der Waals surface area contributed by atoms with E-state index >= 15 is 0 Å². The summed E-state index contributed by atoms with van der Waals surface area (Å²) in [4.78, 5) is 13.4. The summed E-state index contributed by atoms with van der Waals surface area (Å²) >= 11 is 0. The van der Waals surface area contributed by atoms with Gasteiger partial charge in [0, 0.05) is 19.1 Å². The van der Waals surface area contributed by atoms with Crippen molar-refractivity contribution in [3.05, 3.63) is 35.4 Å². The normalized spacial score (nSPS) is 25.4. The summed E-state index contributed by atoms with van der Waals surface area (Å²) in [5.74, 6) is -0.513. The van der Waals surface area contributed by atoms with Crippen LogP contribution in [-0.4, -0.2) is 35.1 Å². The molecular formula is C16H21NO2. The van der Waals surface area contributed by atoms with E-state index in [0.29, 0.717) is 12.0 Å². The highest BCUT2D eigenvalue weighted by atomic mass is 16.4. The van der Waals surface area contributed by atoms with Gasteiger partial charge in [-0.3, -0.25) is 9.69 Å². The van der Waals surface area contributed by atoms with Crippen molar-refractivity contribution in [3.8, 4) is 0 Å². The summed E-state index contributed by atoms with van der Waals surface area (Å²) in [5.41, 5.74) is 2.98. The third-order valence-electron chi connectivity index (χ3n) is 4.87. The molecule has 0 radical (unpaired) electrons. The van der Waals surface area contributed by atoms with Crippen LogP contribution in [0.15, 0.2) is 24.3 Å². The summed E-state index contributed by atoms with van der Waals surface area (Å²) in [6.45, 7) is 3.75. The van der Waals surface area contributed by atoms with Gasteiger partial charge in [-0.05, 0) is 36.3 Å². The monoisotopic (exact) mass is 259 g/mol. The number of carbonyl (C=O) groups is 1. The van der Waals surface area contributed by atoms with Gasteiger partial charge in [0.15, 0.2) is 0 Å². The molecule has 0 bridgehead atoms. The van der Waals surface area contributed by atoms with Crippen molar-refractivity contribution < 1.29 is 9.90 Å². The Hall–Kier alpha value is -1.35. The fraction of sp³-hybridized carbons (Fsp3) is 0.562. The van der Waals surface area contributed by atoms with E-state index in [-0.39, 0.29) is 5.92 Å². The molecular weight excluding hydrogens is 238 g/mol. The average Bonchev–Trinajstić information content (AvgIpc) is 2.36. The largest absolute Gasteiger partial charge is 0.481 e. The Bertz CT molecular complexity index is 479. The number of hydrogen-bond donors (Lipinski definition) is 1. The second-order valence-electron chi connectivity index (χ2n) is 6.01. The first kappa shape index (κ1) is 12.7. The zero-order valence-corrected chi connectivity index (χ0v) is 11.4. The number of hydrogen-bond acceptors (Lipinski definition) is 2. The highest BCUT2D eigenvalue weighted by Gasteiger charge is 2.38. The highest BCUT2D eigenvalue weighted by molar-refractivity contribution is 5.70. The van der Waals surface area contributed by atoms with Gasteiger partial charge in [0.2, 0.25) is 0 Å². The lowest BCUT2D eigenvalue weighted by atomic mass is 9.81. The van der Waals surface area contributed by atoms with Gasteiger partial charge in [-0.2, -0.15) is 0 Å². The molecule has 0 amide bonds. The van der Waals surface area contributed by atoms with E-state index in [1.165, 1.54) is 17.5 Å². The third-order valence-corrected chi connectivity index (χ3v) is 4.87. The zero-order valence-electron chi connectivity index (χ0n) is 11.4. The summed E-state index contributed by atoms with van der Waals surface area (Å²) in [6.07, 6.45) is 3.51. The molecule has 1 aromatic carbocycles. The lowest BCUT2D eigenvalue weighted by Gasteiger charge is -2.47. The summed E-state index contributed by atoms with van der Waals surface area (Å²) in [6, 6.07) is 9.32. The summed E-state index contributed by atoms with van der Waals surface area (Å²) in [7, 11) is 0. The maximum Gasteiger partial charge on any atom is 0.306 e. The maximum atomic E-state index is 11.0. The number of benzene rings is 1. The Balaban J connectivity index is 1.58. The van der Waals surface area contributed by atoms with Crippen molar-refractivity contribution in [2.75, 3.05) is 13.1 Å². The fourth-order valence-corrected chi connectivity index (χ4v) is 3.36. The first-order valence-corrected chi connectivity index (χ1v) is 7.19. The van der Waals surface area contributed by atoms with Crippen LogP contribution in [0.5, 0.6) is 0 Å². The minimum Gasteiger partial charge on any atom is -0.481 e. The Kier molecular flexibility index (Phi) is 3.31. The highest BCUT2D eigenvalue weighted by Crippen LogP contribution is 2.31. The van der Waals surface area contributed by atoms with Crippen molar-refractivity contribution in [1.29, 1.82) is 0 Å². The van der Waals surface area contributed by atoms with Gasteiger partial charge in [-0.15, -0.1) is 0 Å². The number of carboxylic acid groups (broad SMARTS) is 1. The van der Waals surface area contributed by atoms with E-state index in [2.05, 4.69) is 29.2 Å². The SMILES string of the molecule is CC(C(=O)O)C1CN(C2CCc3ccccc3C2)C1. The number of aliphatic carboxylic acids is 1. The van der Waals surface area contributed by atoms with Crippen LogP contribution >= 0.6 is 0 Å². The minimum absolute atomic E-state index is 0.202. The molecule has 3 heteroatoms. The van der Waals surface area contributed by atoms with Crippen molar-refractivity contribution in [2.45, 2.75) is 32.2 Å². The van der Waals surface area contributed by atoms with E-state index in [0.717, 1.165) is 25.9 Å². The molecule has 3 nitrogen and oxygen atoms in total. The van der Waals surface area contributed by atoms with Crippen molar-refractivity contribution in [3.63, 3.8) is 0 Å². The Morgan fingerprint density at radius 2 is 2.00 bits per heavy atom. The van der Waals surface area contributed by atoms with Crippen LogP contribution in [0.3, 0.4) is 0 Å². The van der Waals surface area contributed by atoms with Gasteiger partial charge in [0.1, 0.15) is 0 Å². The lowest BCUT2D eigenvalue weighted by molar-refractivity contribution is -0.146. The third kappa shape index (κ3) is 2.39. The van der Waals surface area contributed by atoms with E-state index in [9.17, 15) is 4.79 Å². The van der Waals surface area contributed by atoms with Crippen LogP contribution in [0, 0.1) is 11.8 Å². The van der Waals surface area contributed by atoms with Gasteiger partial charge < -0.3 is 5.11 Å². The van der Waals surface area contributed by atoms with E-state index in [1.807, 2.05) is 6.92 Å². The summed E-state index contributed by atoms with van der Waals surface area (Å²) in [5, 5.41) is 9.03. The van der Waals surface area contributed by atoms with Crippen LogP contribution in [-0.2, 0) is 17.6 Å². The molecule has 1 fully saturated rings. The van der Waals surface area contributed by atoms with Crippen LogP contribution in [0.1, 0.15) is 24.5 Å².